The first-order valence-electron chi connectivity index (χ1n) is 9.42. The molecule has 3 amide bonds. The molecular weight excluding hydrogens is 386 g/mol. The van der Waals surface area contributed by atoms with E-state index in [0.29, 0.717) is 22.4 Å². The number of pyridine rings is 1. The zero-order chi connectivity index (χ0) is 21.9. The van der Waals surface area contributed by atoms with Crippen molar-refractivity contribution >= 4 is 28.8 Å². The number of aromatic nitrogens is 1. The number of urea groups is 1. The van der Waals surface area contributed by atoms with Crippen molar-refractivity contribution in [1.29, 1.82) is 0 Å². The molecule has 0 bridgehead atoms. The molecule has 0 aliphatic heterocycles. The number of carbonyl (C=O) groups excluding carboxylic acids is 3. The lowest BCUT2D eigenvalue weighted by Gasteiger charge is -2.21. The lowest BCUT2D eigenvalue weighted by atomic mass is 10.1. The molecule has 156 valence electrons. The summed E-state index contributed by atoms with van der Waals surface area (Å²) in [5.74, 6) is -0.936. The highest BCUT2D eigenvalue weighted by molar-refractivity contribution is 6.05. The Morgan fingerprint density at radius 1 is 1.10 bits per heavy atom. The highest BCUT2D eigenvalue weighted by atomic mass is 16.5. The largest absolute Gasteiger partial charge is 0.463 e. The van der Waals surface area contributed by atoms with Gasteiger partial charge in [-0.15, -0.1) is 0 Å². The van der Waals surface area contributed by atoms with Crippen molar-refractivity contribution in [2.45, 2.75) is 39.3 Å². The number of para-hydroxylation sites is 1. The quantitative estimate of drug-likeness (QED) is 0.636. The lowest BCUT2D eigenvalue weighted by Crippen LogP contribution is -2.50. The van der Waals surface area contributed by atoms with Gasteiger partial charge in [0.05, 0.1) is 17.3 Å². The second kappa shape index (κ2) is 8.36. The fourth-order valence-corrected chi connectivity index (χ4v) is 2.76. The van der Waals surface area contributed by atoms with Gasteiger partial charge in [-0.3, -0.25) is 10.1 Å². The van der Waals surface area contributed by atoms with Gasteiger partial charge in [-0.25, -0.2) is 14.6 Å². The first-order chi connectivity index (χ1) is 14.1. The maximum atomic E-state index is 12.8. The van der Waals surface area contributed by atoms with Crippen LogP contribution in [-0.4, -0.2) is 34.5 Å². The van der Waals surface area contributed by atoms with Gasteiger partial charge in [0.1, 0.15) is 5.69 Å². The van der Waals surface area contributed by atoms with Crippen molar-refractivity contribution in [3.05, 3.63) is 54.3 Å². The molecular formula is C22H23N3O5. The van der Waals surface area contributed by atoms with Gasteiger partial charge in [-0.1, -0.05) is 18.2 Å². The van der Waals surface area contributed by atoms with Crippen LogP contribution in [0.25, 0.3) is 22.4 Å². The number of hydrogen-bond acceptors (Lipinski definition) is 6. The summed E-state index contributed by atoms with van der Waals surface area (Å²) < 4.78 is 10.7. The lowest BCUT2D eigenvalue weighted by molar-refractivity contribution is -0.127. The van der Waals surface area contributed by atoms with E-state index in [4.69, 9.17) is 9.15 Å². The number of carbonyl (C=O) groups is 3. The van der Waals surface area contributed by atoms with Crippen molar-refractivity contribution in [2.24, 2.45) is 0 Å². The van der Waals surface area contributed by atoms with Crippen LogP contribution in [0.1, 0.15) is 38.1 Å². The third kappa shape index (κ3) is 5.02. The Kier molecular flexibility index (Phi) is 5.86. The van der Waals surface area contributed by atoms with Gasteiger partial charge in [0, 0.05) is 10.9 Å². The number of benzene rings is 1. The molecule has 8 heteroatoms. The van der Waals surface area contributed by atoms with Gasteiger partial charge in [0.15, 0.2) is 11.9 Å². The van der Waals surface area contributed by atoms with Gasteiger partial charge < -0.3 is 14.5 Å². The molecule has 0 radical (unpaired) electrons. The standard InChI is InChI=1S/C22H23N3O5/c1-13(19(26)24-21(28)25-22(2,3)4)30-20(27)15-12-17(18-10-7-11-29-18)23-16-9-6-5-8-14(15)16/h5-13H,1-4H3,(H2,24,25,26,28). The highest BCUT2D eigenvalue weighted by Gasteiger charge is 2.24. The second-order valence-corrected chi connectivity index (χ2v) is 7.79. The number of imide groups is 1. The molecule has 0 saturated heterocycles. The van der Waals surface area contributed by atoms with Crippen LogP contribution in [0, 0.1) is 0 Å². The van der Waals surface area contributed by atoms with Crippen LogP contribution >= 0.6 is 0 Å². The summed E-state index contributed by atoms with van der Waals surface area (Å²) in [5, 5.41) is 5.36. The third-order valence-corrected chi connectivity index (χ3v) is 4.09. The van der Waals surface area contributed by atoms with Gasteiger partial charge in [-0.05, 0) is 52.0 Å². The van der Waals surface area contributed by atoms with E-state index in [-0.39, 0.29) is 5.56 Å². The summed E-state index contributed by atoms with van der Waals surface area (Å²) in [6, 6.07) is 11.4. The molecule has 1 aromatic carbocycles. The SMILES string of the molecule is CC(OC(=O)c1cc(-c2ccco2)nc2ccccc12)C(=O)NC(=O)NC(C)(C)C. The number of nitrogens with zero attached hydrogens (tertiary/aromatic N) is 1. The summed E-state index contributed by atoms with van der Waals surface area (Å²) in [6.07, 6.45) is 0.335. The average Bonchev–Trinajstić information content (AvgIpc) is 3.20. The Hall–Kier alpha value is -3.68. The number of hydrogen-bond donors (Lipinski definition) is 2. The summed E-state index contributed by atoms with van der Waals surface area (Å²) in [7, 11) is 0. The summed E-state index contributed by atoms with van der Waals surface area (Å²) in [4.78, 5) is 41.5. The normalized spacial score (nSPS) is 12.3. The summed E-state index contributed by atoms with van der Waals surface area (Å²) >= 11 is 0. The van der Waals surface area contributed by atoms with Crippen LogP contribution in [-0.2, 0) is 9.53 Å². The maximum absolute atomic E-state index is 12.8. The van der Waals surface area contributed by atoms with E-state index in [0.717, 1.165) is 0 Å². The van der Waals surface area contributed by atoms with Crippen molar-refractivity contribution in [3.63, 3.8) is 0 Å². The van der Waals surface area contributed by atoms with Crippen molar-refractivity contribution < 1.29 is 23.5 Å². The van der Waals surface area contributed by atoms with E-state index in [1.54, 1.807) is 63.2 Å². The zero-order valence-electron chi connectivity index (χ0n) is 17.2. The molecule has 1 atom stereocenters. The highest BCUT2D eigenvalue weighted by Crippen LogP contribution is 2.26. The maximum Gasteiger partial charge on any atom is 0.339 e. The summed E-state index contributed by atoms with van der Waals surface area (Å²) in [6.45, 7) is 6.75. The van der Waals surface area contributed by atoms with E-state index >= 15 is 0 Å². The molecule has 2 aromatic heterocycles. The zero-order valence-corrected chi connectivity index (χ0v) is 17.2. The fraction of sp³-hybridized carbons (Fsp3) is 0.273. The van der Waals surface area contributed by atoms with E-state index in [1.807, 2.05) is 0 Å². The first-order valence-corrected chi connectivity index (χ1v) is 9.42. The molecule has 3 rings (SSSR count). The number of ether oxygens (including phenoxy) is 1. The van der Waals surface area contributed by atoms with Crippen LogP contribution in [0.4, 0.5) is 4.79 Å². The Morgan fingerprint density at radius 2 is 1.83 bits per heavy atom. The topological polar surface area (TPSA) is 111 Å². The number of rotatable bonds is 4. The van der Waals surface area contributed by atoms with Crippen LogP contribution < -0.4 is 10.6 Å². The molecule has 0 aliphatic carbocycles. The van der Waals surface area contributed by atoms with Crippen LogP contribution in [0.3, 0.4) is 0 Å². The van der Waals surface area contributed by atoms with E-state index in [1.165, 1.54) is 13.2 Å². The van der Waals surface area contributed by atoms with Gasteiger partial charge in [-0.2, -0.15) is 0 Å². The Bertz CT molecular complexity index is 1080. The van der Waals surface area contributed by atoms with E-state index < -0.39 is 29.6 Å². The van der Waals surface area contributed by atoms with Crippen molar-refractivity contribution in [1.82, 2.24) is 15.6 Å². The van der Waals surface area contributed by atoms with Gasteiger partial charge in [0.2, 0.25) is 0 Å². The molecule has 0 spiro atoms. The second-order valence-electron chi connectivity index (χ2n) is 7.79. The number of nitrogens with one attached hydrogen (secondary N) is 2. The van der Waals surface area contributed by atoms with Crippen LogP contribution in [0.5, 0.6) is 0 Å². The molecule has 2 N–H and O–H groups in total. The van der Waals surface area contributed by atoms with Gasteiger partial charge in [0.25, 0.3) is 5.91 Å². The monoisotopic (exact) mass is 409 g/mol. The summed E-state index contributed by atoms with van der Waals surface area (Å²) in [5.41, 5.74) is 0.778. The van der Waals surface area contributed by atoms with E-state index in [2.05, 4.69) is 15.6 Å². The Labute approximate surface area is 173 Å². The Balaban J connectivity index is 1.81. The number of fused-ring (bicyclic) bond motifs is 1. The molecule has 0 saturated carbocycles. The molecule has 8 nitrogen and oxygen atoms in total. The predicted molar refractivity (Wildman–Crippen MR) is 111 cm³/mol. The number of furan rings is 1. The van der Waals surface area contributed by atoms with Crippen LogP contribution in [0.15, 0.2) is 53.1 Å². The molecule has 0 aliphatic rings. The minimum absolute atomic E-state index is 0.241. The molecule has 30 heavy (non-hydrogen) atoms. The third-order valence-electron chi connectivity index (χ3n) is 4.09. The predicted octanol–water partition coefficient (Wildman–Crippen LogP) is 3.66. The average molecular weight is 409 g/mol. The number of esters is 1. The van der Waals surface area contributed by atoms with Gasteiger partial charge >= 0.3 is 12.0 Å². The molecule has 1 unspecified atom stereocenters. The molecule has 3 aromatic rings. The number of amides is 3. The minimum Gasteiger partial charge on any atom is -0.463 e. The minimum atomic E-state index is -1.18. The first kappa shape index (κ1) is 21.0. The Morgan fingerprint density at radius 3 is 2.50 bits per heavy atom. The molecule has 0 fully saturated rings. The smallest absolute Gasteiger partial charge is 0.339 e. The van der Waals surface area contributed by atoms with Crippen LogP contribution in [0.2, 0.25) is 0 Å². The van der Waals surface area contributed by atoms with E-state index in [9.17, 15) is 14.4 Å². The fourth-order valence-electron chi connectivity index (χ4n) is 2.76. The van der Waals surface area contributed by atoms with Crippen molar-refractivity contribution in [3.8, 4) is 11.5 Å². The molecule has 2 heterocycles. The van der Waals surface area contributed by atoms with Crippen molar-refractivity contribution in [2.75, 3.05) is 0 Å².